The number of hydrogen-bond donors (Lipinski definition) is 0. The van der Waals surface area contributed by atoms with Crippen LogP contribution in [0.15, 0.2) is 18.2 Å². The Labute approximate surface area is 95.9 Å². The molecule has 3 nitrogen and oxygen atoms in total. The van der Waals surface area contributed by atoms with Crippen LogP contribution in [0.1, 0.15) is 37.3 Å². The van der Waals surface area contributed by atoms with Crippen molar-refractivity contribution in [2.45, 2.75) is 26.2 Å². The number of benzene rings is 1. The van der Waals surface area contributed by atoms with Gasteiger partial charge in [-0.05, 0) is 24.6 Å². The summed E-state index contributed by atoms with van der Waals surface area (Å²) in [4.78, 5) is 0. The molecule has 1 rings (SSSR count). The quantitative estimate of drug-likeness (QED) is 0.708. The Bertz CT molecular complexity index is 427. The smallest absolute Gasteiger partial charge is 0.137 e. The average Bonchev–Trinajstić information content (AvgIpc) is 2.34. The molecule has 0 atom stereocenters. The van der Waals surface area contributed by atoms with E-state index in [4.69, 9.17) is 15.3 Å². The fourth-order valence-corrected chi connectivity index (χ4v) is 1.35. The number of unbranched alkanes of at least 4 members (excludes halogenated alkanes) is 2. The lowest BCUT2D eigenvalue weighted by Gasteiger charge is -2.07. The molecular weight excluding hydrogens is 200 g/mol. The molecule has 0 N–H and O–H groups in total. The summed E-state index contributed by atoms with van der Waals surface area (Å²) in [5.41, 5.74) is 0.910. The molecule has 0 aliphatic heterocycles. The zero-order chi connectivity index (χ0) is 11.8. The Morgan fingerprint density at radius 1 is 1.19 bits per heavy atom. The van der Waals surface area contributed by atoms with E-state index in [1.807, 2.05) is 12.1 Å². The van der Waals surface area contributed by atoms with Crippen LogP contribution in [0.2, 0.25) is 0 Å². The van der Waals surface area contributed by atoms with Crippen molar-refractivity contribution < 1.29 is 4.74 Å². The Morgan fingerprint density at radius 3 is 2.62 bits per heavy atom. The lowest BCUT2D eigenvalue weighted by molar-refractivity contribution is 0.305. The van der Waals surface area contributed by atoms with E-state index in [0.29, 0.717) is 23.5 Å². The largest absolute Gasteiger partial charge is 0.492 e. The van der Waals surface area contributed by atoms with Crippen LogP contribution in [0.4, 0.5) is 0 Å². The van der Waals surface area contributed by atoms with Crippen molar-refractivity contribution in [1.29, 1.82) is 10.5 Å². The molecule has 0 radical (unpaired) electrons. The molecule has 0 spiro atoms. The summed E-state index contributed by atoms with van der Waals surface area (Å²) in [7, 11) is 0. The third kappa shape index (κ3) is 3.29. The summed E-state index contributed by atoms with van der Waals surface area (Å²) in [6, 6.07) is 8.93. The number of ether oxygens (including phenoxy) is 1. The van der Waals surface area contributed by atoms with E-state index in [2.05, 4.69) is 6.92 Å². The topological polar surface area (TPSA) is 56.8 Å². The van der Waals surface area contributed by atoms with E-state index in [-0.39, 0.29) is 0 Å². The van der Waals surface area contributed by atoms with Gasteiger partial charge in [-0.25, -0.2) is 0 Å². The Balaban J connectivity index is 2.67. The predicted octanol–water partition coefficient (Wildman–Crippen LogP) is 3.00. The minimum absolute atomic E-state index is 0.426. The maximum atomic E-state index is 8.90. The molecule has 0 amide bonds. The first-order chi connectivity index (χ1) is 7.81. The molecule has 0 saturated carbocycles. The summed E-state index contributed by atoms with van der Waals surface area (Å²) >= 11 is 0. The van der Waals surface area contributed by atoms with Crippen LogP contribution in [0.25, 0.3) is 0 Å². The molecule has 0 aliphatic rings. The molecule has 0 heterocycles. The molecule has 16 heavy (non-hydrogen) atoms. The van der Waals surface area contributed by atoms with Gasteiger partial charge in [-0.15, -0.1) is 0 Å². The highest BCUT2D eigenvalue weighted by Crippen LogP contribution is 2.19. The van der Waals surface area contributed by atoms with Crippen molar-refractivity contribution in [3.63, 3.8) is 0 Å². The summed E-state index contributed by atoms with van der Waals surface area (Å²) in [5, 5.41) is 17.6. The monoisotopic (exact) mass is 214 g/mol. The number of nitriles is 2. The van der Waals surface area contributed by atoms with Gasteiger partial charge in [0.25, 0.3) is 0 Å². The molecule has 0 unspecified atom stereocenters. The van der Waals surface area contributed by atoms with Gasteiger partial charge in [0.2, 0.25) is 0 Å². The van der Waals surface area contributed by atoms with Crippen LogP contribution in [-0.2, 0) is 0 Å². The van der Waals surface area contributed by atoms with Gasteiger partial charge in [0.15, 0.2) is 0 Å². The van der Waals surface area contributed by atoms with Crippen molar-refractivity contribution >= 4 is 0 Å². The maximum Gasteiger partial charge on any atom is 0.137 e. The molecule has 0 aromatic heterocycles. The third-order valence-corrected chi connectivity index (χ3v) is 2.23. The van der Waals surface area contributed by atoms with Gasteiger partial charge in [0.05, 0.1) is 23.8 Å². The maximum absolute atomic E-state index is 8.90. The standard InChI is InChI=1S/C13H14N2O/c1-2-3-4-7-16-13-6-5-11(9-14)8-12(13)10-15/h5-6,8H,2-4,7H2,1H3. The Hall–Kier alpha value is -2.00. The summed E-state index contributed by atoms with van der Waals surface area (Å²) in [6.07, 6.45) is 3.25. The first kappa shape index (κ1) is 12.1. The molecule has 0 saturated heterocycles. The molecular formula is C13H14N2O. The van der Waals surface area contributed by atoms with Crippen LogP contribution >= 0.6 is 0 Å². The van der Waals surface area contributed by atoms with Gasteiger partial charge in [-0.3, -0.25) is 0 Å². The van der Waals surface area contributed by atoms with Crippen molar-refractivity contribution in [1.82, 2.24) is 0 Å². The zero-order valence-corrected chi connectivity index (χ0v) is 9.36. The summed E-state index contributed by atoms with van der Waals surface area (Å²) in [5.74, 6) is 0.567. The summed E-state index contributed by atoms with van der Waals surface area (Å²) in [6.45, 7) is 2.75. The van der Waals surface area contributed by atoms with E-state index in [0.717, 1.165) is 19.3 Å². The fraction of sp³-hybridized carbons (Fsp3) is 0.385. The lowest BCUT2D eigenvalue weighted by atomic mass is 10.1. The van der Waals surface area contributed by atoms with Gasteiger partial charge < -0.3 is 4.74 Å². The van der Waals surface area contributed by atoms with Gasteiger partial charge in [-0.2, -0.15) is 10.5 Å². The Kier molecular flexibility index (Phi) is 4.89. The van der Waals surface area contributed by atoms with Crippen molar-refractivity contribution in [3.05, 3.63) is 29.3 Å². The van der Waals surface area contributed by atoms with E-state index < -0.39 is 0 Å². The molecule has 82 valence electrons. The van der Waals surface area contributed by atoms with Crippen LogP contribution in [0.5, 0.6) is 5.75 Å². The van der Waals surface area contributed by atoms with Crippen LogP contribution in [-0.4, -0.2) is 6.61 Å². The number of rotatable bonds is 5. The second kappa shape index (κ2) is 6.48. The zero-order valence-electron chi connectivity index (χ0n) is 9.36. The van der Waals surface area contributed by atoms with Crippen molar-refractivity contribution in [2.24, 2.45) is 0 Å². The molecule has 0 bridgehead atoms. The number of nitrogens with zero attached hydrogens (tertiary/aromatic N) is 2. The van der Waals surface area contributed by atoms with Crippen LogP contribution in [0.3, 0.4) is 0 Å². The van der Waals surface area contributed by atoms with E-state index in [1.54, 1.807) is 18.2 Å². The lowest BCUT2D eigenvalue weighted by Crippen LogP contribution is -1.99. The normalized spacial score (nSPS) is 9.19. The Morgan fingerprint density at radius 2 is 2.00 bits per heavy atom. The third-order valence-electron chi connectivity index (χ3n) is 2.23. The second-order valence-electron chi connectivity index (χ2n) is 3.49. The molecule has 3 heteroatoms. The minimum Gasteiger partial charge on any atom is -0.492 e. The van der Waals surface area contributed by atoms with Crippen molar-refractivity contribution in [2.75, 3.05) is 6.61 Å². The molecule has 0 fully saturated rings. The van der Waals surface area contributed by atoms with Gasteiger partial charge in [0.1, 0.15) is 11.8 Å². The molecule has 1 aromatic carbocycles. The summed E-state index contributed by atoms with van der Waals surface area (Å²) < 4.78 is 5.50. The van der Waals surface area contributed by atoms with E-state index in [1.165, 1.54) is 0 Å². The van der Waals surface area contributed by atoms with Crippen molar-refractivity contribution in [3.8, 4) is 17.9 Å². The SMILES string of the molecule is CCCCCOc1ccc(C#N)cc1C#N. The molecule has 0 aliphatic carbocycles. The van der Waals surface area contributed by atoms with E-state index in [9.17, 15) is 0 Å². The highest BCUT2D eigenvalue weighted by molar-refractivity contribution is 5.48. The van der Waals surface area contributed by atoms with Gasteiger partial charge in [-0.1, -0.05) is 19.8 Å². The first-order valence-electron chi connectivity index (χ1n) is 5.39. The predicted molar refractivity (Wildman–Crippen MR) is 60.9 cm³/mol. The van der Waals surface area contributed by atoms with Crippen LogP contribution in [0, 0.1) is 22.7 Å². The minimum atomic E-state index is 0.426. The fourth-order valence-electron chi connectivity index (χ4n) is 1.35. The van der Waals surface area contributed by atoms with Crippen LogP contribution < -0.4 is 4.74 Å². The first-order valence-corrected chi connectivity index (χ1v) is 5.39. The second-order valence-corrected chi connectivity index (χ2v) is 3.49. The molecule has 1 aromatic rings. The van der Waals surface area contributed by atoms with E-state index >= 15 is 0 Å². The van der Waals surface area contributed by atoms with Gasteiger partial charge >= 0.3 is 0 Å². The highest BCUT2D eigenvalue weighted by Gasteiger charge is 2.04. The number of hydrogen-bond acceptors (Lipinski definition) is 3. The highest BCUT2D eigenvalue weighted by atomic mass is 16.5. The average molecular weight is 214 g/mol. The van der Waals surface area contributed by atoms with Gasteiger partial charge in [0, 0.05) is 0 Å².